The van der Waals surface area contributed by atoms with E-state index in [4.69, 9.17) is 0 Å². The van der Waals surface area contributed by atoms with E-state index < -0.39 is 0 Å². The van der Waals surface area contributed by atoms with Crippen molar-refractivity contribution >= 4 is 23.5 Å². The Morgan fingerprint density at radius 1 is 0.600 bits per heavy atom. The summed E-state index contributed by atoms with van der Waals surface area (Å²) in [5.41, 5.74) is 6.75. The molecule has 0 unspecified atom stereocenters. The van der Waals surface area contributed by atoms with Gasteiger partial charge in [-0.15, -0.1) is 0 Å². The van der Waals surface area contributed by atoms with E-state index in [0.717, 1.165) is 23.7 Å². The third-order valence-corrected chi connectivity index (χ3v) is 11.5. The molecular formula is C28H24S2. The molecule has 0 nitrogen and oxygen atoms in total. The Bertz CT molecular complexity index is 1200. The summed E-state index contributed by atoms with van der Waals surface area (Å²) in [6.07, 6.45) is 7.35. The summed E-state index contributed by atoms with van der Waals surface area (Å²) in [7, 11) is 0. The van der Waals surface area contributed by atoms with Crippen LogP contribution in [0.2, 0.25) is 0 Å². The molecule has 0 aromatic heterocycles. The van der Waals surface area contributed by atoms with E-state index in [0.29, 0.717) is 0 Å². The van der Waals surface area contributed by atoms with Gasteiger partial charge in [0, 0.05) is 25.0 Å². The second kappa shape index (κ2) is 5.78. The van der Waals surface area contributed by atoms with Crippen molar-refractivity contribution in [3.8, 4) is 11.1 Å². The van der Waals surface area contributed by atoms with Crippen molar-refractivity contribution < 1.29 is 0 Å². The summed E-state index contributed by atoms with van der Waals surface area (Å²) in [4.78, 5) is 5.93. The van der Waals surface area contributed by atoms with Crippen molar-refractivity contribution in [2.75, 3.05) is 0 Å². The number of benzene rings is 3. The van der Waals surface area contributed by atoms with Gasteiger partial charge in [-0.3, -0.25) is 0 Å². The van der Waals surface area contributed by atoms with Gasteiger partial charge in [0.05, 0.1) is 0 Å². The van der Waals surface area contributed by atoms with Gasteiger partial charge in [-0.2, -0.15) is 0 Å². The maximum Gasteiger partial charge on any atom is 0.0309 e. The molecule has 4 bridgehead atoms. The van der Waals surface area contributed by atoms with Crippen LogP contribution in [0, 0.1) is 23.7 Å². The van der Waals surface area contributed by atoms with E-state index in [1.807, 2.05) is 11.8 Å². The van der Waals surface area contributed by atoms with Gasteiger partial charge >= 0.3 is 0 Å². The number of hydrogen-bond acceptors (Lipinski definition) is 2. The molecule has 1 heterocycles. The lowest BCUT2D eigenvalue weighted by atomic mass is 9.43. The highest BCUT2D eigenvalue weighted by Gasteiger charge is 2.62. The molecule has 3 aromatic rings. The van der Waals surface area contributed by atoms with Crippen LogP contribution in [-0.4, -0.2) is 0 Å². The largest absolute Gasteiger partial charge is 0.0877 e. The predicted octanol–water partition coefficient (Wildman–Crippen LogP) is 8.03. The quantitative estimate of drug-likeness (QED) is 0.280. The van der Waals surface area contributed by atoms with Crippen LogP contribution >= 0.6 is 23.5 Å². The molecule has 0 amide bonds. The summed E-state index contributed by atoms with van der Waals surface area (Å²) in [6.45, 7) is 0. The average molecular weight is 425 g/mol. The third-order valence-electron chi connectivity index (χ3n) is 8.91. The molecule has 6 aliphatic rings. The minimum absolute atomic E-state index is 0.268. The molecule has 4 saturated carbocycles. The Hall–Kier alpha value is -1.64. The molecule has 1 spiro atoms. The van der Waals surface area contributed by atoms with Crippen LogP contribution < -0.4 is 0 Å². The highest BCUT2D eigenvalue weighted by atomic mass is 32.2. The fraction of sp³-hybridized carbons (Fsp3) is 0.357. The molecule has 5 aliphatic carbocycles. The van der Waals surface area contributed by atoms with Gasteiger partial charge in [0.2, 0.25) is 0 Å². The van der Waals surface area contributed by atoms with Gasteiger partial charge in [0.25, 0.3) is 0 Å². The van der Waals surface area contributed by atoms with E-state index in [1.165, 1.54) is 52.4 Å². The van der Waals surface area contributed by atoms with E-state index in [9.17, 15) is 0 Å². The Balaban J connectivity index is 1.43. The lowest BCUT2D eigenvalue weighted by Crippen LogP contribution is -2.55. The van der Waals surface area contributed by atoms with Gasteiger partial charge in [-0.05, 0) is 96.2 Å². The predicted molar refractivity (Wildman–Crippen MR) is 124 cm³/mol. The summed E-state index contributed by atoms with van der Waals surface area (Å²) in [6, 6.07) is 23.3. The van der Waals surface area contributed by atoms with Crippen LogP contribution in [0.4, 0.5) is 0 Å². The first kappa shape index (κ1) is 17.0. The number of rotatable bonds is 0. The molecule has 30 heavy (non-hydrogen) atoms. The van der Waals surface area contributed by atoms with E-state index in [2.05, 4.69) is 72.4 Å². The van der Waals surface area contributed by atoms with Crippen LogP contribution in [0.5, 0.6) is 0 Å². The number of hydrogen-bond donors (Lipinski definition) is 0. The normalized spacial score (nSPS) is 33.9. The molecule has 1 aliphatic heterocycles. The SMILES string of the molecule is c1ccc2c(c1)Sc1ccc3c(c1S2)C1(c2ccccc2-3)C2CC3CC(C2)CC1C3. The second-order valence-electron chi connectivity index (χ2n) is 10.2. The molecule has 148 valence electrons. The zero-order valence-electron chi connectivity index (χ0n) is 16.9. The van der Waals surface area contributed by atoms with Gasteiger partial charge in [0.1, 0.15) is 0 Å². The first-order valence-electron chi connectivity index (χ1n) is 11.5. The first-order chi connectivity index (χ1) is 14.8. The van der Waals surface area contributed by atoms with Gasteiger partial charge in [0.15, 0.2) is 0 Å². The average Bonchev–Trinajstić information content (AvgIpc) is 3.07. The monoisotopic (exact) mass is 424 g/mol. The van der Waals surface area contributed by atoms with Crippen LogP contribution in [-0.2, 0) is 5.41 Å². The first-order valence-corrected chi connectivity index (χ1v) is 13.2. The van der Waals surface area contributed by atoms with Gasteiger partial charge in [-0.25, -0.2) is 0 Å². The van der Waals surface area contributed by atoms with Crippen molar-refractivity contribution in [3.63, 3.8) is 0 Å². The summed E-state index contributed by atoms with van der Waals surface area (Å²) in [5.74, 6) is 3.67. The van der Waals surface area contributed by atoms with Crippen molar-refractivity contribution in [2.24, 2.45) is 23.7 Å². The molecule has 2 heteroatoms. The van der Waals surface area contributed by atoms with Crippen LogP contribution in [0.15, 0.2) is 80.2 Å². The van der Waals surface area contributed by atoms with Crippen LogP contribution in [0.3, 0.4) is 0 Å². The highest BCUT2D eigenvalue weighted by Crippen LogP contribution is 2.71. The minimum atomic E-state index is 0.268. The Kier molecular flexibility index (Phi) is 3.27. The maximum atomic E-state index is 2.50. The van der Waals surface area contributed by atoms with Gasteiger partial charge < -0.3 is 0 Å². The third kappa shape index (κ3) is 1.95. The highest BCUT2D eigenvalue weighted by molar-refractivity contribution is 8.05. The van der Waals surface area contributed by atoms with Gasteiger partial charge in [-0.1, -0.05) is 66.0 Å². The zero-order valence-corrected chi connectivity index (χ0v) is 18.6. The fourth-order valence-corrected chi connectivity index (χ4v) is 10.7. The van der Waals surface area contributed by atoms with Crippen molar-refractivity contribution in [3.05, 3.63) is 71.8 Å². The second-order valence-corrected chi connectivity index (χ2v) is 12.3. The van der Waals surface area contributed by atoms with Crippen molar-refractivity contribution in [1.29, 1.82) is 0 Å². The van der Waals surface area contributed by atoms with Crippen molar-refractivity contribution in [1.82, 2.24) is 0 Å². The lowest BCUT2D eigenvalue weighted by molar-refractivity contribution is -0.0410. The van der Waals surface area contributed by atoms with Crippen LogP contribution in [0.1, 0.15) is 43.2 Å². The molecule has 0 saturated heterocycles. The molecule has 4 fully saturated rings. The topological polar surface area (TPSA) is 0 Å². The van der Waals surface area contributed by atoms with E-state index in [1.54, 1.807) is 21.6 Å². The molecular weight excluding hydrogens is 400 g/mol. The van der Waals surface area contributed by atoms with E-state index >= 15 is 0 Å². The van der Waals surface area contributed by atoms with E-state index in [-0.39, 0.29) is 5.41 Å². The molecule has 0 N–H and O–H groups in total. The molecule has 9 rings (SSSR count). The van der Waals surface area contributed by atoms with Crippen molar-refractivity contribution in [2.45, 2.75) is 57.1 Å². The molecule has 3 aromatic carbocycles. The fourth-order valence-electron chi connectivity index (χ4n) is 8.22. The lowest BCUT2D eigenvalue weighted by Gasteiger charge is -2.61. The summed E-state index contributed by atoms with van der Waals surface area (Å²) < 4.78 is 0. The minimum Gasteiger partial charge on any atom is -0.0877 e. The number of fused-ring (bicyclic) bond motifs is 6. The Morgan fingerprint density at radius 2 is 1.27 bits per heavy atom. The summed E-state index contributed by atoms with van der Waals surface area (Å²) in [5, 5.41) is 0. The Labute approximate surface area is 186 Å². The zero-order chi connectivity index (χ0) is 19.4. The Morgan fingerprint density at radius 3 is 2.03 bits per heavy atom. The summed E-state index contributed by atoms with van der Waals surface area (Å²) >= 11 is 4.05. The smallest absolute Gasteiger partial charge is 0.0309 e. The van der Waals surface area contributed by atoms with Crippen LogP contribution in [0.25, 0.3) is 11.1 Å². The molecule has 0 atom stereocenters. The molecule has 0 radical (unpaired) electrons. The maximum absolute atomic E-state index is 2.50. The standard InChI is InChI=1S/C28H24S2/c1-2-6-22-20(5-1)21-9-10-25-27(30-24-8-4-3-7-23(24)29-25)26(21)28(22)18-12-16-11-17(14-18)15-19(28)13-16/h1-10,16-19H,11-15H2.